The Balaban J connectivity index is 2.10. The summed E-state index contributed by atoms with van der Waals surface area (Å²) in [6, 6.07) is 5.72. The molecule has 1 saturated heterocycles. The van der Waals surface area contributed by atoms with E-state index in [9.17, 15) is 9.59 Å². The van der Waals surface area contributed by atoms with Crippen LogP contribution in [0.1, 0.15) is 23.5 Å². The first kappa shape index (κ1) is 14.3. The molecule has 5 nitrogen and oxygen atoms in total. The standard InChI is InChI=1S/C15H13BrO5/c1-19-14(18)9-4-8-5-10(16)2-3-11(8)12-6-13(17)21-15(12)20-7-9/h2-5,12,15H,6-7H2,1H3/b9-4+. The van der Waals surface area contributed by atoms with Crippen molar-refractivity contribution in [3.05, 3.63) is 39.4 Å². The Labute approximate surface area is 130 Å². The van der Waals surface area contributed by atoms with E-state index in [0.717, 1.165) is 15.6 Å². The molecular formula is C15H13BrO5. The minimum absolute atomic E-state index is 0.0487. The van der Waals surface area contributed by atoms with Crippen molar-refractivity contribution in [2.75, 3.05) is 13.7 Å². The smallest absolute Gasteiger partial charge is 0.336 e. The van der Waals surface area contributed by atoms with Crippen LogP contribution in [-0.4, -0.2) is 31.9 Å². The minimum Gasteiger partial charge on any atom is -0.466 e. The van der Waals surface area contributed by atoms with Gasteiger partial charge in [0.25, 0.3) is 0 Å². The molecule has 2 aliphatic rings. The maximum absolute atomic E-state index is 11.8. The maximum atomic E-state index is 11.8. The van der Waals surface area contributed by atoms with Crippen LogP contribution < -0.4 is 0 Å². The molecule has 0 saturated carbocycles. The molecule has 1 aromatic rings. The van der Waals surface area contributed by atoms with Gasteiger partial charge in [-0.15, -0.1) is 0 Å². The van der Waals surface area contributed by atoms with Gasteiger partial charge in [-0.25, -0.2) is 4.79 Å². The molecule has 3 rings (SSSR count). The summed E-state index contributed by atoms with van der Waals surface area (Å²) in [4.78, 5) is 23.4. The molecule has 0 bridgehead atoms. The summed E-state index contributed by atoms with van der Waals surface area (Å²) >= 11 is 3.42. The Morgan fingerprint density at radius 1 is 1.43 bits per heavy atom. The molecule has 2 heterocycles. The lowest BCUT2D eigenvalue weighted by Crippen LogP contribution is -2.24. The van der Waals surface area contributed by atoms with E-state index in [-0.39, 0.29) is 24.9 Å². The van der Waals surface area contributed by atoms with E-state index in [1.807, 2.05) is 18.2 Å². The van der Waals surface area contributed by atoms with Crippen molar-refractivity contribution in [2.24, 2.45) is 0 Å². The fraction of sp³-hybridized carbons (Fsp3) is 0.333. The van der Waals surface area contributed by atoms with Crippen molar-refractivity contribution in [3.63, 3.8) is 0 Å². The van der Waals surface area contributed by atoms with Crippen LogP contribution >= 0.6 is 15.9 Å². The van der Waals surface area contributed by atoms with E-state index < -0.39 is 12.3 Å². The summed E-state index contributed by atoms with van der Waals surface area (Å²) in [6.45, 7) is 0.0487. The lowest BCUT2D eigenvalue weighted by molar-refractivity contribution is -0.163. The molecule has 0 N–H and O–H groups in total. The van der Waals surface area contributed by atoms with E-state index in [1.165, 1.54) is 7.11 Å². The monoisotopic (exact) mass is 352 g/mol. The van der Waals surface area contributed by atoms with E-state index in [0.29, 0.717) is 5.57 Å². The number of fused-ring (bicyclic) bond motifs is 3. The molecule has 1 fully saturated rings. The molecule has 0 aromatic heterocycles. The summed E-state index contributed by atoms with van der Waals surface area (Å²) in [5.41, 5.74) is 2.18. The number of rotatable bonds is 1. The molecule has 0 spiro atoms. The molecule has 21 heavy (non-hydrogen) atoms. The first-order chi connectivity index (χ1) is 10.1. The lowest BCUT2D eigenvalue weighted by atomic mass is 9.90. The number of ether oxygens (including phenoxy) is 3. The Bertz CT molecular complexity index is 637. The second kappa shape index (κ2) is 5.61. The first-order valence-corrected chi connectivity index (χ1v) is 7.27. The lowest BCUT2D eigenvalue weighted by Gasteiger charge is -2.23. The van der Waals surface area contributed by atoms with Crippen molar-refractivity contribution >= 4 is 33.9 Å². The van der Waals surface area contributed by atoms with Crippen LogP contribution in [0.5, 0.6) is 0 Å². The minimum atomic E-state index is -0.661. The van der Waals surface area contributed by atoms with Gasteiger partial charge in [0.2, 0.25) is 6.29 Å². The number of halogens is 1. The number of hydrogen-bond acceptors (Lipinski definition) is 5. The van der Waals surface area contributed by atoms with Gasteiger partial charge in [-0.3, -0.25) is 4.79 Å². The average Bonchev–Trinajstić information content (AvgIpc) is 2.81. The number of carbonyl (C=O) groups is 2. The van der Waals surface area contributed by atoms with Crippen LogP contribution in [0.3, 0.4) is 0 Å². The SMILES string of the molecule is COC(=O)/C1=C/c2cc(Br)ccc2C2CC(=O)OC2OC1. The quantitative estimate of drug-likeness (QED) is 0.726. The van der Waals surface area contributed by atoms with Crippen molar-refractivity contribution in [2.45, 2.75) is 18.6 Å². The second-order valence-corrected chi connectivity index (χ2v) is 5.83. The zero-order chi connectivity index (χ0) is 15.0. The van der Waals surface area contributed by atoms with Gasteiger partial charge in [-0.05, 0) is 29.3 Å². The summed E-state index contributed by atoms with van der Waals surface area (Å²) in [5, 5.41) is 0. The normalized spacial score (nSPS) is 26.6. The highest BCUT2D eigenvalue weighted by molar-refractivity contribution is 9.10. The number of hydrogen-bond donors (Lipinski definition) is 0. The van der Waals surface area contributed by atoms with Gasteiger partial charge in [0, 0.05) is 4.47 Å². The van der Waals surface area contributed by atoms with E-state index in [2.05, 4.69) is 15.9 Å². The predicted molar refractivity (Wildman–Crippen MR) is 77.3 cm³/mol. The van der Waals surface area contributed by atoms with Gasteiger partial charge >= 0.3 is 11.9 Å². The third-order valence-electron chi connectivity index (χ3n) is 3.59. The fourth-order valence-corrected chi connectivity index (χ4v) is 2.98. The number of benzene rings is 1. The molecule has 1 aromatic carbocycles. The van der Waals surface area contributed by atoms with Crippen LogP contribution in [0.25, 0.3) is 6.08 Å². The molecular weight excluding hydrogens is 340 g/mol. The van der Waals surface area contributed by atoms with E-state index in [4.69, 9.17) is 14.2 Å². The topological polar surface area (TPSA) is 61.8 Å². The molecule has 110 valence electrons. The van der Waals surface area contributed by atoms with Crippen LogP contribution in [0.15, 0.2) is 28.2 Å². The maximum Gasteiger partial charge on any atom is 0.336 e. The second-order valence-electron chi connectivity index (χ2n) is 4.91. The van der Waals surface area contributed by atoms with Crippen molar-refractivity contribution in [1.82, 2.24) is 0 Å². The van der Waals surface area contributed by atoms with Crippen LogP contribution in [0.2, 0.25) is 0 Å². The molecule has 0 amide bonds. The first-order valence-electron chi connectivity index (χ1n) is 6.48. The zero-order valence-corrected chi connectivity index (χ0v) is 12.9. The Morgan fingerprint density at radius 2 is 2.24 bits per heavy atom. The third-order valence-corrected chi connectivity index (χ3v) is 4.08. The molecule has 2 aliphatic heterocycles. The number of methoxy groups -OCH3 is 1. The molecule has 0 radical (unpaired) electrons. The number of carbonyl (C=O) groups excluding carboxylic acids is 2. The average molecular weight is 353 g/mol. The number of esters is 2. The fourth-order valence-electron chi connectivity index (χ4n) is 2.60. The van der Waals surface area contributed by atoms with Gasteiger partial charge in [0.1, 0.15) is 0 Å². The summed E-state index contributed by atoms with van der Waals surface area (Å²) in [7, 11) is 1.32. The molecule has 2 unspecified atom stereocenters. The summed E-state index contributed by atoms with van der Waals surface area (Å²) in [5.74, 6) is -0.903. The van der Waals surface area contributed by atoms with Crippen LogP contribution in [0, 0.1) is 0 Å². The van der Waals surface area contributed by atoms with Gasteiger partial charge in [-0.1, -0.05) is 22.0 Å². The summed E-state index contributed by atoms with van der Waals surface area (Å²) < 4.78 is 16.4. The largest absolute Gasteiger partial charge is 0.466 e. The Kier molecular flexibility index (Phi) is 3.82. The Morgan fingerprint density at radius 3 is 3.00 bits per heavy atom. The van der Waals surface area contributed by atoms with Gasteiger partial charge in [0.15, 0.2) is 0 Å². The summed E-state index contributed by atoms with van der Waals surface area (Å²) in [6.07, 6.45) is 1.36. The Hall–Kier alpha value is -1.66. The van der Waals surface area contributed by atoms with Crippen molar-refractivity contribution in [1.29, 1.82) is 0 Å². The zero-order valence-electron chi connectivity index (χ0n) is 11.3. The van der Waals surface area contributed by atoms with Crippen molar-refractivity contribution < 1.29 is 23.8 Å². The molecule has 0 aliphatic carbocycles. The molecule has 6 heteroatoms. The van der Waals surface area contributed by atoms with E-state index >= 15 is 0 Å². The highest BCUT2D eigenvalue weighted by Crippen LogP contribution is 2.38. The van der Waals surface area contributed by atoms with Gasteiger partial charge in [0.05, 0.1) is 31.6 Å². The van der Waals surface area contributed by atoms with Crippen molar-refractivity contribution in [3.8, 4) is 0 Å². The van der Waals surface area contributed by atoms with E-state index in [1.54, 1.807) is 6.08 Å². The van der Waals surface area contributed by atoms with Gasteiger partial charge in [-0.2, -0.15) is 0 Å². The van der Waals surface area contributed by atoms with Crippen LogP contribution in [-0.2, 0) is 23.8 Å². The highest BCUT2D eigenvalue weighted by Gasteiger charge is 2.39. The third kappa shape index (κ3) is 2.73. The van der Waals surface area contributed by atoms with Crippen LogP contribution in [0.4, 0.5) is 0 Å². The predicted octanol–water partition coefficient (Wildman–Crippen LogP) is 2.39. The van der Waals surface area contributed by atoms with Gasteiger partial charge < -0.3 is 14.2 Å². The highest BCUT2D eigenvalue weighted by atomic mass is 79.9. The molecule has 2 atom stereocenters.